The van der Waals surface area contributed by atoms with Gasteiger partial charge in [0, 0.05) is 23.8 Å². The van der Waals surface area contributed by atoms with Crippen molar-refractivity contribution in [2.45, 2.75) is 5.03 Å². The summed E-state index contributed by atoms with van der Waals surface area (Å²) in [7, 11) is -0.649. The van der Waals surface area contributed by atoms with E-state index in [0.29, 0.717) is 21.6 Å². The quantitative estimate of drug-likeness (QED) is 0.844. The van der Waals surface area contributed by atoms with E-state index >= 15 is 0 Å². The fourth-order valence-electron chi connectivity index (χ4n) is 1.74. The van der Waals surface area contributed by atoms with Crippen molar-refractivity contribution in [1.82, 2.24) is 4.98 Å². The summed E-state index contributed by atoms with van der Waals surface area (Å²) in [6.07, 6.45) is 1.43. The molecule has 1 aromatic heterocycles. The number of aromatic nitrogens is 1. The highest BCUT2D eigenvalue weighted by Gasteiger charge is 2.20. The first kappa shape index (κ1) is 15.6. The number of benzene rings is 1. The lowest BCUT2D eigenvalue weighted by Crippen LogP contribution is -2.16. The van der Waals surface area contributed by atoms with E-state index in [0.717, 1.165) is 0 Å². The number of methoxy groups -OCH3 is 1. The molecule has 1 aromatic carbocycles. The monoisotopic (exact) mass is 371 g/mol. The van der Waals surface area contributed by atoms with Crippen molar-refractivity contribution >= 4 is 37.3 Å². The molecule has 0 amide bonds. The third-order valence-corrected chi connectivity index (χ3v) is 4.45. The van der Waals surface area contributed by atoms with Crippen molar-refractivity contribution in [1.29, 1.82) is 0 Å². The molecule has 8 heteroatoms. The van der Waals surface area contributed by atoms with E-state index in [1.165, 1.54) is 13.3 Å². The van der Waals surface area contributed by atoms with E-state index in [9.17, 15) is 8.42 Å². The van der Waals surface area contributed by atoms with Gasteiger partial charge in [0.1, 0.15) is 5.75 Å². The number of nitrogens with one attached hydrogen (secondary N) is 2. The van der Waals surface area contributed by atoms with Gasteiger partial charge < -0.3 is 10.1 Å². The molecule has 0 aliphatic carbocycles. The Balaban J connectivity index is 2.40. The van der Waals surface area contributed by atoms with Crippen LogP contribution in [0.25, 0.3) is 0 Å². The van der Waals surface area contributed by atoms with Gasteiger partial charge in [0.05, 0.1) is 18.5 Å². The summed E-state index contributed by atoms with van der Waals surface area (Å²) in [4.78, 5) is 3.93. The van der Waals surface area contributed by atoms with Crippen molar-refractivity contribution in [2.75, 3.05) is 24.2 Å². The van der Waals surface area contributed by atoms with Crippen LogP contribution in [0.1, 0.15) is 0 Å². The van der Waals surface area contributed by atoms with E-state index in [1.807, 2.05) is 0 Å². The number of pyridine rings is 1. The lowest BCUT2D eigenvalue weighted by atomic mass is 10.3. The second-order valence-corrected chi connectivity index (χ2v) is 6.60. The first-order valence-electron chi connectivity index (χ1n) is 5.96. The molecular formula is C13H14BrN3O3S. The summed E-state index contributed by atoms with van der Waals surface area (Å²) in [5.41, 5.74) is 0.806. The number of ether oxygens (including phenoxy) is 1. The molecule has 0 saturated carbocycles. The van der Waals surface area contributed by atoms with Crippen LogP contribution in [0.5, 0.6) is 5.75 Å². The lowest BCUT2D eigenvalue weighted by molar-refractivity contribution is 0.415. The number of nitrogens with zero attached hydrogens (tertiary/aromatic N) is 1. The molecular weight excluding hydrogens is 358 g/mol. The maximum Gasteiger partial charge on any atom is 0.281 e. The second-order valence-electron chi connectivity index (χ2n) is 4.09. The van der Waals surface area contributed by atoms with Gasteiger partial charge in [-0.3, -0.25) is 4.72 Å². The average molecular weight is 372 g/mol. The Labute approximate surface area is 131 Å². The van der Waals surface area contributed by atoms with E-state index in [1.54, 1.807) is 37.4 Å². The molecule has 2 aromatic rings. The summed E-state index contributed by atoms with van der Waals surface area (Å²) < 4.78 is 33.1. The molecule has 6 nitrogen and oxygen atoms in total. The average Bonchev–Trinajstić information content (AvgIpc) is 2.46. The fraction of sp³-hybridized carbons (Fsp3) is 0.154. The number of anilines is 2. The summed E-state index contributed by atoms with van der Waals surface area (Å²) in [6, 6.07) is 8.26. The molecule has 2 N–H and O–H groups in total. The minimum Gasteiger partial charge on any atom is -0.497 e. The number of hydrogen-bond donors (Lipinski definition) is 2. The highest BCUT2D eigenvalue weighted by atomic mass is 79.9. The lowest BCUT2D eigenvalue weighted by Gasteiger charge is -2.12. The summed E-state index contributed by atoms with van der Waals surface area (Å²) in [5, 5.41) is 2.74. The van der Waals surface area contributed by atoms with E-state index in [4.69, 9.17) is 4.74 Å². The maximum atomic E-state index is 12.4. The minimum atomic E-state index is -3.80. The third-order valence-electron chi connectivity index (χ3n) is 2.65. The summed E-state index contributed by atoms with van der Waals surface area (Å²) >= 11 is 3.30. The molecule has 21 heavy (non-hydrogen) atoms. The molecule has 0 bridgehead atoms. The number of hydrogen-bond acceptors (Lipinski definition) is 5. The molecule has 2 rings (SSSR count). The van der Waals surface area contributed by atoms with Crippen LogP contribution in [0.3, 0.4) is 0 Å². The molecule has 0 unspecified atom stereocenters. The highest BCUT2D eigenvalue weighted by Crippen LogP contribution is 2.27. The Hall–Kier alpha value is -1.80. The number of sulfonamides is 1. The Morgan fingerprint density at radius 2 is 2.05 bits per heavy atom. The van der Waals surface area contributed by atoms with Gasteiger partial charge in [-0.05, 0) is 24.3 Å². The maximum absolute atomic E-state index is 12.4. The molecule has 112 valence electrons. The highest BCUT2D eigenvalue weighted by molar-refractivity contribution is 9.10. The van der Waals surface area contributed by atoms with Crippen LogP contribution in [-0.4, -0.2) is 27.6 Å². The van der Waals surface area contributed by atoms with Gasteiger partial charge in [-0.2, -0.15) is 8.42 Å². The van der Waals surface area contributed by atoms with Gasteiger partial charge in [0.2, 0.25) is 0 Å². The van der Waals surface area contributed by atoms with Crippen LogP contribution in [0, 0.1) is 0 Å². The van der Waals surface area contributed by atoms with E-state index < -0.39 is 10.0 Å². The van der Waals surface area contributed by atoms with Crippen LogP contribution in [0.4, 0.5) is 11.4 Å². The van der Waals surface area contributed by atoms with Gasteiger partial charge in [-0.25, -0.2) is 4.98 Å². The number of rotatable bonds is 5. The molecule has 0 atom stereocenters. The van der Waals surface area contributed by atoms with Crippen molar-refractivity contribution in [3.05, 3.63) is 41.0 Å². The van der Waals surface area contributed by atoms with Crippen LogP contribution in [-0.2, 0) is 10.0 Å². The van der Waals surface area contributed by atoms with E-state index in [2.05, 4.69) is 31.0 Å². The Morgan fingerprint density at radius 3 is 2.71 bits per heavy atom. The first-order chi connectivity index (χ1) is 9.96. The van der Waals surface area contributed by atoms with Crippen molar-refractivity contribution in [2.24, 2.45) is 0 Å². The van der Waals surface area contributed by atoms with Gasteiger partial charge in [0.25, 0.3) is 10.0 Å². The van der Waals surface area contributed by atoms with Crippen LogP contribution in [0.15, 0.2) is 46.0 Å². The topological polar surface area (TPSA) is 80.3 Å². The first-order valence-corrected chi connectivity index (χ1v) is 8.24. The Morgan fingerprint density at radius 1 is 1.29 bits per heavy atom. The zero-order valence-corrected chi connectivity index (χ0v) is 13.8. The zero-order chi connectivity index (χ0) is 15.5. The van der Waals surface area contributed by atoms with Gasteiger partial charge in [0.15, 0.2) is 5.03 Å². The van der Waals surface area contributed by atoms with Crippen molar-refractivity contribution in [3.8, 4) is 5.75 Å². The normalized spacial score (nSPS) is 11.0. The van der Waals surface area contributed by atoms with E-state index in [-0.39, 0.29) is 5.03 Å². The van der Waals surface area contributed by atoms with Crippen molar-refractivity contribution in [3.63, 3.8) is 0 Å². The molecule has 0 radical (unpaired) electrons. The molecule has 0 spiro atoms. The van der Waals surface area contributed by atoms with Gasteiger partial charge >= 0.3 is 0 Å². The standard InChI is InChI=1S/C13H14BrN3O3S/c1-15-12-4-3-5-16-13(12)21(18,19)17-10-6-9(14)7-11(8-10)20-2/h3-8,15,17H,1-2H3. The molecule has 1 heterocycles. The van der Waals surface area contributed by atoms with Crippen LogP contribution < -0.4 is 14.8 Å². The molecule has 0 saturated heterocycles. The largest absolute Gasteiger partial charge is 0.497 e. The second kappa shape index (κ2) is 6.31. The van der Waals surface area contributed by atoms with Gasteiger partial charge in [-0.1, -0.05) is 15.9 Å². The fourth-order valence-corrected chi connectivity index (χ4v) is 3.39. The third kappa shape index (κ3) is 3.64. The van der Waals surface area contributed by atoms with Crippen molar-refractivity contribution < 1.29 is 13.2 Å². The Bertz CT molecular complexity index is 750. The zero-order valence-electron chi connectivity index (χ0n) is 11.4. The van der Waals surface area contributed by atoms with Gasteiger partial charge in [-0.15, -0.1) is 0 Å². The summed E-state index contributed by atoms with van der Waals surface area (Å²) in [5.74, 6) is 0.539. The Kier molecular flexibility index (Phi) is 4.69. The molecule has 0 aliphatic rings. The summed E-state index contributed by atoms with van der Waals surface area (Å²) in [6.45, 7) is 0. The smallest absolute Gasteiger partial charge is 0.281 e. The van der Waals surface area contributed by atoms with Crippen LogP contribution in [0.2, 0.25) is 0 Å². The molecule has 0 aliphatic heterocycles. The molecule has 0 fully saturated rings. The predicted molar refractivity (Wildman–Crippen MR) is 85.3 cm³/mol. The number of halogens is 1. The minimum absolute atomic E-state index is 0.0635. The van der Waals surface area contributed by atoms with Crippen LogP contribution >= 0.6 is 15.9 Å². The predicted octanol–water partition coefficient (Wildman–Crippen LogP) is 2.70. The SMILES string of the molecule is CNc1cccnc1S(=O)(=O)Nc1cc(Br)cc(OC)c1.